The van der Waals surface area contributed by atoms with Gasteiger partial charge >= 0.3 is 0 Å². The van der Waals surface area contributed by atoms with Crippen LogP contribution in [0, 0.1) is 0 Å². The van der Waals surface area contributed by atoms with Crippen molar-refractivity contribution in [1.82, 2.24) is 0 Å². The van der Waals surface area contributed by atoms with Gasteiger partial charge in [-0.2, -0.15) is 0 Å². The van der Waals surface area contributed by atoms with E-state index in [4.69, 9.17) is 9.47 Å². The highest BCUT2D eigenvalue weighted by molar-refractivity contribution is 6.06. The molecule has 0 bridgehead atoms. The molecule has 0 N–H and O–H groups in total. The highest BCUT2D eigenvalue weighted by atomic mass is 16.7. The molecule has 4 rings (SSSR count). The first-order chi connectivity index (χ1) is 13.3. The van der Waals surface area contributed by atoms with Gasteiger partial charge in [-0.3, -0.25) is 0 Å². The van der Waals surface area contributed by atoms with Gasteiger partial charge in [-0.25, -0.2) is 0 Å². The largest absolute Gasteiger partial charge is 0.342 e. The molecule has 0 atom stereocenters. The van der Waals surface area contributed by atoms with Gasteiger partial charge in [0, 0.05) is 24.4 Å². The summed E-state index contributed by atoms with van der Waals surface area (Å²) in [6, 6.07) is 29.4. The number of hydrogen-bond donors (Lipinski definition) is 0. The summed E-state index contributed by atoms with van der Waals surface area (Å²) < 4.78 is 12.8. The Labute approximate surface area is 161 Å². The lowest BCUT2D eigenvalue weighted by molar-refractivity contribution is -0.197. The van der Waals surface area contributed by atoms with Crippen molar-refractivity contribution < 1.29 is 9.47 Å². The third-order valence-corrected chi connectivity index (χ3v) is 4.95. The second kappa shape index (κ2) is 7.51. The molecule has 2 heteroatoms. The van der Waals surface area contributed by atoms with Gasteiger partial charge in [0.1, 0.15) is 0 Å². The van der Waals surface area contributed by atoms with Crippen LogP contribution in [0.25, 0.3) is 11.1 Å². The molecule has 0 saturated carbocycles. The summed E-state index contributed by atoms with van der Waals surface area (Å²) in [6.07, 6.45) is 0. The molecule has 1 aliphatic carbocycles. The van der Waals surface area contributed by atoms with E-state index in [1.807, 2.05) is 26.0 Å². The molecule has 0 saturated heterocycles. The quantitative estimate of drug-likeness (QED) is 0.513. The zero-order valence-electron chi connectivity index (χ0n) is 15.8. The Hall–Kier alpha value is -2.68. The summed E-state index contributed by atoms with van der Waals surface area (Å²) >= 11 is 0. The van der Waals surface area contributed by atoms with Crippen LogP contribution in [0.5, 0.6) is 0 Å². The lowest BCUT2D eigenvalue weighted by atomic mass is 9.92. The molecule has 1 aliphatic rings. The number of hydrogen-bond acceptors (Lipinski definition) is 2. The van der Waals surface area contributed by atoms with Crippen molar-refractivity contribution in [2.75, 3.05) is 13.2 Å². The van der Waals surface area contributed by atoms with Crippen LogP contribution in [-0.4, -0.2) is 13.2 Å². The van der Waals surface area contributed by atoms with Crippen LogP contribution < -0.4 is 0 Å². The lowest BCUT2D eigenvalue weighted by Crippen LogP contribution is -2.33. The molecule has 0 heterocycles. The maximum atomic E-state index is 6.40. The Morgan fingerprint density at radius 2 is 1.15 bits per heavy atom. The number of fused-ring (bicyclic) bond motifs is 1. The average molecular weight is 356 g/mol. The second-order valence-electron chi connectivity index (χ2n) is 6.51. The van der Waals surface area contributed by atoms with Gasteiger partial charge in [0.2, 0.25) is 5.79 Å². The minimum atomic E-state index is -0.896. The van der Waals surface area contributed by atoms with Crippen molar-refractivity contribution in [3.8, 4) is 0 Å². The maximum absolute atomic E-state index is 6.40. The fourth-order valence-electron chi connectivity index (χ4n) is 4.01. The molecule has 136 valence electrons. The monoisotopic (exact) mass is 356 g/mol. The molecular formula is C25H24O2. The SMILES string of the molecule is CCOC1(OCC)C(c2ccccc2)=C(c2ccccc2)c2ccccc21. The molecule has 0 radical (unpaired) electrons. The molecule has 0 spiro atoms. The summed E-state index contributed by atoms with van der Waals surface area (Å²) in [5.41, 5.74) is 6.80. The predicted octanol–water partition coefficient (Wildman–Crippen LogP) is 5.89. The minimum absolute atomic E-state index is 0.562. The van der Waals surface area contributed by atoms with Crippen molar-refractivity contribution in [3.63, 3.8) is 0 Å². The van der Waals surface area contributed by atoms with Crippen LogP contribution in [-0.2, 0) is 15.3 Å². The van der Waals surface area contributed by atoms with E-state index in [0.717, 1.165) is 16.7 Å². The first kappa shape index (κ1) is 17.7. The van der Waals surface area contributed by atoms with E-state index in [-0.39, 0.29) is 0 Å². The summed E-state index contributed by atoms with van der Waals surface area (Å²) in [4.78, 5) is 0. The number of benzene rings is 3. The fraction of sp³-hybridized carbons (Fsp3) is 0.200. The Morgan fingerprint density at radius 3 is 1.74 bits per heavy atom. The van der Waals surface area contributed by atoms with E-state index in [2.05, 4.69) is 72.8 Å². The zero-order chi connectivity index (χ0) is 18.7. The minimum Gasteiger partial charge on any atom is -0.342 e. The van der Waals surface area contributed by atoms with Crippen molar-refractivity contribution in [2.24, 2.45) is 0 Å². The lowest BCUT2D eigenvalue weighted by Gasteiger charge is -2.33. The highest BCUT2D eigenvalue weighted by Gasteiger charge is 2.48. The summed E-state index contributed by atoms with van der Waals surface area (Å²) in [5.74, 6) is -0.896. The van der Waals surface area contributed by atoms with Crippen LogP contribution in [0.4, 0.5) is 0 Å². The summed E-state index contributed by atoms with van der Waals surface area (Å²) in [5, 5.41) is 0. The third-order valence-electron chi connectivity index (χ3n) is 4.95. The van der Waals surface area contributed by atoms with Crippen molar-refractivity contribution in [3.05, 3.63) is 107 Å². The van der Waals surface area contributed by atoms with E-state index in [1.165, 1.54) is 16.7 Å². The van der Waals surface area contributed by atoms with Gasteiger partial charge in [-0.15, -0.1) is 0 Å². The van der Waals surface area contributed by atoms with Crippen molar-refractivity contribution in [2.45, 2.75) is 19.6 Å². The molecule has 3 aromatic carbocycles. The molecule has 0 aromatic heterocycles. The molecule has 0 amide bonds. The Bertz CT molecular complexity index is 936. The van der Waals surface area contributed by atoms with Gasteiger partial charge in [-0.05, 0) is 36.1 Å². The van der Waals surface area contributed by atoms with Crippen LogP contribution in [0.1, 0.15) is 36.1 Å². The van der Waals surface area contributed by atoms with Gasteiger partial charge in [0.15, 0.2) is 0 Å². The number of rotatable bonds is 6. The van der Waals surface area contributed by atoms with Crippen LogP contribution in [0.15, 0.2) is 84.9 Å². The predicted molar refractivity (Wildman–Crippen MR) is 110 cm³/mol. The van der Waals surface area contributed by atoms with Gasteiger partial charge in [0.25, 0.3) is 0 Å². The molecule has 0 unspecified atom stereocenters. The second-order valence-corrected chi connectivity index (χ2v) is 6.51. The molecule has 0 aliphatic heterocycles. The van der Waals surface area contributed by atoms with Crippen LogP contribution >= 0.6 is 0 Å². The van der Waals surface area contributed by atoms with Gasteiger partial charge in [-0.1, -0.05) is 84.9 Å². The Morgan fingerprint density at radius 1 is 0.630 bits per heavy atom. The first-order valence-electron chi connectivity index (χ1n) is 9.55. The molecule has 0 fully saturated rings. The average Bonchev–Trinajstić information content (AvgIpc) is 3.00. The van der Waals surface area contributed by atoms with E-state index in [0.29, 0.717) is 13.2 Å². The van der Waals surface area contributed by atoms with Crippen LogP contribution in [0.2, 0.25) is 0 Å². The maximum Gasteiger partial charge on any atom is 0.224 e. The van der Waals surface area contributed by atoms with E-state index >= 15 is 0 Å². The van der Waals surface area contributed by atoms with E-state index < -0.39 is 5.79 Å². The molecule has 27 heavy (non-hydrogen) atoms. The first-order valence-corrected chi connectivity index (χ1v) is 9.55. The highest BCUT2D eigenvalue weighted by Crippen LogP contribution is 2.54. The Kier molecular flexibility index (Phi) is 4.93. The topological polar surface area (TPSA) is 18.5 Å². The Balaban J connectivity index is 2.10. The van der Waals surface area contributed by atoms with Gasteiger partial charge < -0.3 is 9.47 Å². The van der Waals surface area contributed by atoms with E-state index in [1.54, 1.807) is 0 Å². The number of ether oxygens (including phenoxy) is 2. The molecule has 2 nitrogen and oxygen atoms in total. The third kappa shape index (κ3) is 2.91. The fourth-order valence-corrected chi connectivity index (χ4v) is 4.01. The molecule has 3 aromatic rings. The summed E-state index contributed by atoms with van der Waals surface area (Å²) in [6.45, 7) is 5.17. The smallest absolute Gasteiger partial charge is 0.224 e. The van der Waals surface area contributed by atoms with Gasteiger partial charge in [0.05, 0.1) is 0 Å². The molecular weight excluding hydrogens is 332 g/mol. The van der Waals surface area contributed by atoms with Crippen LogP contribution in [0.3, 0.4) is 0 Å². The van der Waals surface area contributed by atoms with Crippen molar-refractivity contribution >= 4 is 11.1 Å². The van der Waals surface area contributed by atoms with Crippen molar-refractivity contribution in [1.29, 1.82) is 0 Å². The standard InChI is InChI=1S/C25H24O2/c1-3-26-25(27-4-2)22-18-12-11-17-21(22)23(19-13-7-5-8-14-19)24(25)20-15-9-6-10-16-20/h5-18H,3-4H2,1-2H3. The summed E-state index contributed by atoms with van der Waals surface area (Å²) in [7, 11) is 0. The normalized spacial score (nSPS) is 15.0. The zero-order valence-corrected chi connectivity index (χ0v) is 15.8. The van der Waals surface area contributed by atoms with E-state index in [9.17, 15) is 0 Å².